The molecule has 0 bridgehead atoms. The highest BCUT2D eigenvalue weighted by Gasteiger charge is 2.31. The number of fused-ring (bicyclic) bond motifs is 1. The van der Waals surface area contributed by atoms with Crippen molar-refractivity contribution < 1.29 is 26.3 Å². The molecule has 1 saturated heterocycles. The van der Waals surface area contributed by atoms with E-state index in [1.54, 1.807) is 30.3 Å². The van der Waals surface area contributed by atoms with Crippen molar-refractivity contribution >= 4 is 26.6 Å². The molecule has 0 amide bonds. The van der Waals surface area contributed by atoms with E-state index in [4.69, 9.17) is 0 Å². The first-order valence-electron chi connectivity index (χ1n) is 8.21. The summed E-state index contributed by atoms with van der Waals surface area (Å²) in [7, 11) is -3.24. The van der Waals surface area contributed by atoms with Crippen molar-refractivity contribution in [2.75, 3.05) is 16.6 Å². The second kappa shape index (κ2) is 6.19. The number of hydrogen-bond acceptors (Lipinski definition) is 3. The maximum atomic E-state index is 12.4. The molecule has 0 unspecified atom stereocenters. The van der Waals surface area contributed by atoms with Crippen LogP contribution in [0.5, 0.6) is 5.75 Å². The van der Waals surface area contributed by atoms with Crippen LogP contribution < -0.4 is 9.04 Å². The fourth-order valence-corrected chi connectivity index (χ4v) is 4.76. The molecule has 3 aromatic rings. The zero-order valence-electron chi connectivity index (χ0n) is 14.0. The Hall–Kier alpha value is -2.68. The van der Waals surface area contributed by atoms with Gasteiger partial charge in [-0.15, -0.1) is 13.2 Å². The van der Waals surface area contributed by atoms with Gasteiger partial charge in [0.2, 0.25) is 10.0 Å². The van der Waals surface area contributed by atoms with Crippen molar-refractivity contribution in [3.63, 3.8) is 0 Å². The molecule has 9 heteroatoms. The van der Waals surface area contributed by atoms with Crippen molar-refractivity contribution in [2.45, 2.75) is 12.8 Å². The Morgan fingerprint density at radius 3 is 2.41 bits per heavy atom. The fourth-order valence-electron chi connectivity index (χ4n) is 3.20. The number of alkyl halides is 3. The lowest BCUT2D eigenvalue weighted by molar-refractivity contribution is -0.274. The summed E-state index contributed by atoms with van der Waals surface area (Å²) >= 11 is 0. The highest BCUT2D eigenvalue weighted by Crippen LogP contribution is 2.31. The van der Waals surface area contributed by atoms with E-state index in [2.05, 4.69) is 9.72 Å². The molecule has 5 nitrogen and oxygen atoms in total. The molecule has 27 heavy (non-hydrogen) atoms. The predicted octanol–water partition coefficient (Wildman–Crippen LogP) is 4.27. The fraction of sp³-hybridized carbons (Fsp3) is 0.222. The van der Waals surface area contributed by atoms with Gasteiger partial charge in [0.25, 0.3) is 0 Å². The largest absolute Gasteiger partial charge is 0.573 e. The summed E-state index contributed by atoms with van der Waals surface area (Å²) < 4.78 is 66.4. The van der Waals surface area contributed by atoms with Crippen LogP contribution in [-0.4, -0.2) is 32.1 Å². The first kappa shape index (κ1) is 17.7. The van der Waals surface area contributed by atoms with E-state index in [9.17, 15) is 21.6 Å². The third-order valence-corrected chi connectivity index (χ3v) is 6.26. The molecule has 1 aromatic heterocycles. The Bertz CT molecular complexity index is 1090. The van der Waals surface area contributed by atoms with Crippen molar-refractivity contribution in [1.29, 1.82) is 0 Å². The lowest BCUT2D eigenvalue weighted by atomic mass is 10.1. The Kier molecular flexibility index (Phi) is 4.06. The van der Waals surface area contributed by atoms with Gasteiger partial charge in [0.05, 0.1) is 11.4 Å². The Morgan fingerprint density at radius 1 is 1.04 bits per heavy atom. The molecule has 1 N–H and O–H groups in total. The average Bonchev–Trinajstić information content (AvgIpc) is 3.15. The van der Waals surface area contributed by atoms with Crippen LogP contribution in [0.1, 0.15) is 6.42 Å². The zero-order chi connectivity index (χ0) is 19.2. The van der Waals surface area contributed by atoms with Crippen LogP contribution in [0.2, 0.25) is 0 Å². The van der Waals surface area contributed by atoms with Gasteiger partial charge in [-0.1, -0.05) is 12.1 Å². The Morgan fingerprint density at radius 2 is 1.78 bits per heavy atom. The van der Waals surface area contributed by atoms with Crippen LogP contribution in [0.4, 0.5) is 18.9 Å². The molecule has 1 aliphatic heterocycles. The lowest BCUT2D eigenvalue weighted by Gasteiger charge is -2.16. The van der Waals surface area contributed by atoms with Crippen LogP contribution in [0.25, 0.3) is 22.2 Å². The first-order chi connectivity index (χ1) is 12.7. The minimum atomic E-state index is -4.74. The summed E-state index contributed by atoms with van der Waals surface area (Å²) in [5.41, 5.74) is 2.63. The summed E-state index contributed by atoms with van der Waals surface area (Å²) in [6.45, 7) is 0.468. The number of benzene rings is 2. The maximum absolute atomic E-state index is 12.4. The van der Waals surface area contributed by atoms with Crippen molar-refractivity contribution in [1.82, 2.24) is 4.98 Å². The zero-order valence-corrected chi connectivity index (χ0v) is 14.8. The maximum Gasteiger partial charge on any atom is 0.573 e. The van der Waals surface area contributed by atoms with Gasteiger partial charge in [-0.25, -0.2) is 8.42 Å². The van der Waals surface area contributed by atoms with Gasteiger partial charge in [-0.05, 0) is 42.3 Å². The van der Waals surface area contributed by atoms with Gasteiger partial charge >= 0.3 is 6.36 Å². The second-order valence-corrected chi connectivity index (χ2v) is 8.28. The molecule has 0 atom stereocenters. The second-order valence-electron chi connectivity index (χ2n) is 6.27. The van der Waals surface area contributed by atoms with Crippen molar-refractivity contribution in [3.8, 4) is 17.0 Å². The van der Waals surface area contributed by atoms with E-state index >= 15 is 0 Å². The van der Waals surface area contributed by atoms with Crippen LogP contribution in [0, 0.1) is 0 Å². The van der Waals surface area contributed by atoms with E-state index in [0.29, 0.717) is 29.9 Å². The highest BCUT2D eigenvalue weighted by atomic mass is 32.2. The first-order valence-corrected chi connectivity index (χ1v) is 9.82. The smallest absolute Gasteiger partial charge is 0.406 e. The number of rotatable bonds is 3. The molecule has 0 radical (unpaired) electrons. The highest BCUT2D eigenvalue weighted by molar-refractivity contribution is 7.93. The number of sulfonamides is 1. The molecule has 2 heterocycles. The number of aromatic amines is 1. The van der Waals surface area contributed by atoms with Crippen LogP contribution >= 0.6 is 0 Å². The van der Waals surface area contributed by atoms with Crippen LogP contribution in [0.3, 0.4) is 0 Å². The molecule has 1 fully saturated rings. The van der Waals surface area contributed by atoms with E-state index in [-0.39, 0.29) is 11.5 Å². The number of H-pyrrole nitrogens is 1. The average molecular weight is 396 g/mol. The molecule has 2 aromatic carbocycles. The minimum absolute atomic E-state index is 0.152. The third-order valence-electron chi connectivity index (χ3n) is 4.39. The van der Waals surface area contributed by atoms with Gasteiger partial charge < -0.3 is 9.72 Å². The van der Waals surface area contributed by atoms with Crippen LogP contribution in [0.15, 0.2) is 48.5 Å². The molecular formula is C18H15F3N2O3S. The van der Waals surface area contributed by atoms with Gasteiger partial charge in [0.1, 0.15) is 5.75 Å². The molecular weight excluding hydrogens is 381 g/mol. The van der Waals surface area contributed by atoms with Gasteiger partial charge in [0, 0.05) is 29.2 Å². The SMILES string of the molecule is O=S1(=O)CCCN1c1ccc(-c2cc3ccc(OC(F)(F)F)cc3[nH]2)cc1. The minimum Gasteiger partial charge on any atom is -0.406 e. The molecule has 142 valence electrons. The van der Waals surface area contributed by atoms with Gasteiger partial charge in [0.15, 0.2) is 0 Å². The molecule has 4 rings (SSSR count). The van der Waals surface area contributed by atoms with E-state index in [1.165, 1.54) is 16.4 Å². The van der Waals surface area contributed by atoms with Crippen LogP contribution in [-0.2, 0) is 10.0 Å². The van der Waals surface area contributed by atoms with Crippen molar-refractivity contribution in [3.05, 3.63) is 48.5 Å². The quantitative estimate of drug-likeness (QED) is 0.719. The summed E-state index contributed by atoms with van der Waals surface area (Å²) in [5.74, 6) is -0.142. The molecule has 0 spiro atoms. The summed E-state index contributed by atoms with van der Waals surface area (Å²) in [5, 5.41) is 0.741. The van der Waals surface area contributed by atoms with Gasteiger partial charge in [-0.3, -0.25) is 4.31 Å². The number of nitrogens with zero attached hydrogens (tertiary/aromatic N) is 1. The Balaban J connectivity index is 1.62. The number of aromatic nitrogens is 1. The monoisotopic (exact) mass is 396 g/mol. The third kappa shape index (κ3) is 3.59. The summed E-state index contributed by atoms with van der Waals surface area (Å²) in [6, 6.07) is 12.9. The molecule has 1 aliphatic rings. The topological polar surface area (TPSA) is 62.4 Å². The lowest BCUT2D eigenvalue weighted by Crippen LogP contribution is -2.24. The predicted molar refractivity (Wildman–Crippen MR) is 96.2 cm³/mol. The summed E-state index contributed by atoms with van der Waals surface area (Å²) in [4.78, 5) is 3.06. The number of ether oxygens (including phenoxy) is 1. The number of halogens is 3. The van der Waals surface area contributed by atoms with E-state index < -0.39 is 16.4 Å². The molecule has 0 saturated carbocycles. The van der Waals surface area contributed by atoms with E-state index in [1.807, 2.05) is 6.07 Å². The number of hydrogen-bond donors (Lipinski definition) is 1. The van der Waals surface area contributed by atoms with Crippen molar-refractivity contribution in [2.24, 2.45) is 0 Å². The number of nitrogens with one attached hydrogen (secondary N) is 1. The summed E-state index contributed by atoms with van der Waals surface area (Å²) in [6.07, 6.45) is -4.14. The normalized spacial score (nSPS) is 16.8. The Labute approximate surface area is 153 Å². The van der Waals surface area contributed by atoms with E-state index in [0.717, 1.165) is 10.9 Å². The molecule has 0 aliphatic carbocycles. The van der Waals surface area contributed by atoms with Gasteiger partial charge in [-0.2, -0.15) is 0 Å². The standard InChI is InChI=1S/C18H15F3N2O3S/c19-18(20,21)26-15-7-4-13-10-16(22-17(13)11-15)12-2-5-14(6-3-12)23-8-1-9-27(23,24)25/h2-7,10-11,22H,1,8-9H2. The number of anilines is 1.